The molecule has 0 saturated heterocycles. The van der Waals surface area contributed by atoms with E-state index in [9.17, 15) is 14.3 Å². The zero-order valence-electron chi connectivity index (χ0n) is 16.4. The van der Waals surface area contributed by atoms with E-state index in [1.54, 1.807) is 24.3 Å². The number of phenolic OH excluding ortho intramolecular Hbond substituents is 1. The molecule has 3 rings (SSSR count). The zero-order valence-corrected chi connectivity index (χ0v) is 16.4. The van der Waals surface area contributed by atoms with Gasteiger partial charge in [0.05, 0.1) is 0 Å². The summed E-state index contributed by atoms with van der Waals surface area (Å²) in [5, 5.41) is 16.4. The quantitative estimate of drug-likeness (QED) is 0.669. The van der Waals surface area contributed by atoms with Crippen molar-refractivity contribution in [1.29, 1.82) is 0 Å². The molecule has 0 atom stereocenters. The van der Waals surface area contributed by atoms with E-state index in [1.807, 2.05) is 25.1 Å². The van der Waals surface area contributed by atoms with Gasteiger partial charge in [-0.25, -0.2) is 4.39 Å². The molecule has 0 radical (unpaired) electrons. The van der Waals surface area contributed by atoms with Crippen molar-refractivity contribution in [3.8, 4) is 5.75 Å². The Bertz CT molecular complexity index is 801. The van der Waals surface area contributed by atoms with Crippen LogP contribution in [0.1, 0.15) is 52.7 Å². The number of alkyl halides is 1. The lowest BCUT2D eigenvalue weighted by molar-refractivity contribution is 0.0942. The van der Waals surface area contributed by atoms with Crippen LogP contribution in [0, 0.1) is 12.8 Å². The van der Waals surface area contributed by atoms with Crippen molar-refractivity contribution in [2.24, 2.45) is 5.92 Å². The summed E-state index contributed by atoms with van der Waals surface area (Å²) < 4.78 is 12.9. The van der Waals surface area contributed by atoms with Crippen molar-refractivity contribution < 1.29 is 14.3 Å². The van der Waals surface area contributed by atoms with Crippen LogP contribution < -0.4 is 10.6 Å². The van der Waals surface area contributed by atoms with Crippen LogP contribution in [0.2, 0.25) is 0 Å². The number of phenols is 1. The van der Waals surface area contributed by atoms with Crippen LogP contribution in [0.25, 0.3) is 0 Å². The molecule has 1 saturated carbocycles. The third kappa shape index (κ3) is 5.55. The van der Waals surface area contributed by atoms with Gasteiger partial charge in [0, 0.05) is 30.3 Å². The van der Waals surface area contributed by atoms with E-state index in [-0.39, 0.29) is 5.91 Å². The van der Waals surface area contributed by atoms with Crippen LogP contribution in [0.3, 0.4) is 0 Å². The fourth-order valence-electron chi connectivity index (χ4n) is 3.90. The monoisotopic (exact) mass is 384 g/mol. The number of halogens is 1. The number of aryl methyl sites for hydroxylation is 1. The SMILES string of the molecule is Cc1cc(CF)cc(C(=O)NCC2CCC(NCc3ccccc3O)CC2)c1. The second-order valence-corrected chi connectivity index (χ2v) is 7.78. The Morgan fingerprint density at radius 2 is 1.89 bits per heavy atom. The van der Waals surface area contributed by atoms with E-state index in [0.29, 0.717) is 41.9 Å². The minimum atomic E-state index is -0.556. The Morgan fingerprint density at radius 3 is 2.61 bits per heavy atom. The van der Waals surface area contributed by atoms with E-state index < -0.39 is 6.67 Å². The molecule has 5 heteroatoms. The number of benzene rings is 2. The topological polar surface area (TPSA) is 61.4 Å². The van der Waals surface area contributed by atoms with Gasteiger partial charge in [-0.15, -0.1) is 0 Å². The van der Waals surface area contributed by atoms with Gasteiger partial charge in [-0.1, -0.05) is 24.3 Å². The van der Waals surface area contributed by atoms with Crippen molar-refractivity contribution in [2.75, 3.05) is 6.54 Å². The molecule has 1 fully saturated rings. The number of hydrogen-bond acceptors (Lipinski definition) is 3. The van der Waals surface area contributed by atoms with E-state index >= 15 is 0 Å². The van der Waals surface area contributed by atoms with Gasteiger partial charge in [0.15, 0.2) is 0 Å². The molecule has 1 amide bonds. The van der Waals surface area contributed by atoms with E-state index in [4.69, 9.17) is 0 Å². The van der Waals surface area contributed by atoms with Crippen molar-refractivity contribution in [1.82, 2.24) is 10.6 Å². The van der Waals surface area contributed by atoms with E-state index in [0.717, 1.165) is 36.8 Å². The summed E-state index contributed by atoms with van der Waals surface area (Å²) in [5.74, 6) is 0.675. The molecule has 2 aromatic carbocycles. The molecule has 0 unspecified atom stereocenters. The first-order valence-corrected chi connectivity index (χ1v) is 10.00. The molecule has 0 spiro atoms. The van der Waals surface area contributed by atoms with Gasteiger partial charge in [0.1, 0.15) is 12.4 Å². The standard InChI is InChI=1S/C23H29FN2O2/c1-16-10-18(13-24)12-20(11-16)23(28)26-14-17-6-8-21(9-7-17)25-15-19-4-2-3-5-22(19)27/h2-5,10-12,17,21,25,27H,6-9,13-15H2,1H3,(H,26,28). The average molecular weight is 384 g/mol. The van der Waals surface area contributed by atoms with Crippen molar-refractivity contribution in [3.63, 3.8) is 0 Å². The number of nitrogens with one attached hydrogen (secondary N) is 2. The maximum atomic E-state index is 12.9. The number of carbonyl (C=O) groups is 1. The third-order valence-corrected chi connectivity index (χ3v) is 5.52. The van der Waals surface area contributed by atoms with Crippen LogP contribution in [-0.4, -0.2) is 23.6 Å². The number of aromatic hydroxyl groups is 1. The molecule has 1 aliphatic carbocycles. The van der Waals surface area contributed by atoms with Gasteiger partial charge < -0.3 is 15.7 Å². The van der Waals surface area contributed by atoms with Gasteiger partial charge in [0.2, 0.25) is 0 Å². The first-order valence-electron chi connectivity index (χ1n) is 10.00. The second kappa shape index (κ2) is 9.69. The lowest BCUT2D eigenvalue weighted by Gasteiger charge is -2.29. The third-order valence-electron chi connectivity index (χ3n) is 5.52. The number of hydrogen-bond donors (Lipinski definition) is 3. The highest BCUT2D eigenvalue weighted by Gasteiger charge is 2.21. The van der Waals surface area contributed by atoms with Crippen LogP contribution in [0.5, 0.6) is 5.75 Å². The fourth-order valence-corrected chi connectivity index (χ4v) is 3.90. The van der Waals surface area contributed by atoms with E-state index in [2.05, 4.69) is 10.6 Å². The van der Waals surface area contributed by atoms with Gasteiger partial charge >= 0.3 is 0 Å². The summed E-state index contributed by atoms with van der Waals surface area (Å²) in [6, 6.07) is 13.0. The van der Waals surface area contributed by atoms with Crippen molar-refractivity contribution >= 4 is 5.91 Å². The van der Waals surface area contributed by atoms with Crippen LogP contribution >= 0.6 is 0 Å². The highest BCUT2D eigenvalue weighted by molar-refractivity contribution is 5.94. The molecule has 1 aliphatic rings. The van der Waals surface area contributed by atoms with Crippen LogP contribution in [-0.2, 0) is 13.2 Å². The maximum absolute atomic E-state index is 12.9. The highest BCUT2D eigenvalue weighted by Crippen LogP contribution is 2.25. The Hall–Kier alpha value is -2.40. The largest absolute Gasteiger partial charge is 0.508 e. The molecule has 0 bridgehead atoms. The lowest BCUT2D eigenvalue weighted by Crippen LogP contribution is -2.36. The number of carbonyl (C=O) groups excluding carboxylic acids is 1. The number of rotatable bonds is 7. The predicted molar refractivity (Wildman–Crippen MR) is 109 cm³/mol. The van der Waals surface area contributed by atoms with Crippen molar-refractivity contribution in [2.45, 2.75) is 51.9 Å². The minimum absolute atomic E-state index is 0.127. The molecular formula is C23H29FN2O2. The molecule has 4 nitrogen and oxygen atoms in total. The molecule has 150 valence electrons. The summed E-state index contributed by atoms with van der Waals surface area (Å²) in [7, 11) is 0. The fraction of sp³-hybridized carbons (Fsp3) is 0.435. The Kier molecular flexibility index (Phi) is 7.04. The summed E-state index contributed by atoms with van der Waals surface area (Å²) in [6.07, 6.45) is 4.24. The average Bonchev–Trinajstić information content (AvgIpc) is 2.71. The van der Waals surface area contributed by atoms with Crippen molar-refractivity contribution in [3.05, 3.63) is 64.7 Å². The maximum Gasteiger partial charge on any atom is 0.251 e. The highest BCUT2D eigenvalue weighted by atomic mass is 19.1. The zero-order chi connectivity index (χ0) is 19.9. The molecule has 28 heavy (non-hydrogen) atoms. The lowest BCUT2D eigenvalue weighted by atomic mass is 9.86. The number of amides is 1. The summed E-state index contributed by atoms with van der Waals surface area (Å²) in [5.41, 5.74) is 2.89. The Labute approximate surface area is 166 Å². The normalized spacial score (nSPS) is 19.4. The first-order chi connectivity index (χ1) is 13.5. The molecule has 0 heterocycles. The predicted octanol–water partition coefficient (Wildman–Crippen LogP) is 4.25. The molecule has 2 aromatic rings. The van der Waals surface area contributed by atoms with Gasteiger partial charge in [-0.05, 0) is 67.9 Å². The number of para-hydroxylation sites is 1. The summed E-state index contributed by atoms with van der Waals surface area (Å²) in [6.45, 7) is 2.64. The Morgan fingerprint density at radius 1 is 1.14 bits per heavy atom. The molecular weight excluding hydrogens is 355 g/mol. The molecule has 0 aliphatic heterocycles. The smallest absolute Gasteiger partial charge is 0.251 e. The van der Waals surface area contributed by atoms with Crippen LogP contribution in [0.4, 0.5) is 4.39 Å². The molecule has 0 aromatic heterocycles. The van der Waals surface area contributed by atoms with Gasteiger partial charge in [-0.2, -0.15) is 0 Å². The summed E-state index contributed by atoms with van der Waals surface area (Å²) in [4.78, 5) is 12.4. The minimum Gasteiger partial charge on any atom is -0.508 e. The first kappa shape index (κ1) is 20.3. The second-order valence-electron chi connectivity index (χ2n) is 7.78. The van der Waals surface area contributed by atoms with Crippen LogP contribution in [0.15, 0.2) is 42.5 Å². The van der Waals surface area contributed by atoms with E-state index in [1.165, 1.54) is 0 Å². The van der Waals surface area contributed by atoms with Gasteiger partial charge in [-0.3, -0.25) is 4.79 Å². The summed E-state index contributed by atoms with van der Waals surface area (Å²) >= 11 is 0. The molecule has 3 N–H and O–H groups in total. The Balaban J connectivity index is 1.41. The van der Waals surface area contributed by atoms with Gasteiger partial charge in [0.25, 0.3) is 5.91 Å².